The van der Waals surface area contributed by atoms with Crippen molar-refractivity contribution in [2.45, 2.75) is 25.9 Å². The summed E-state index contributed by atoms with van der Waals surface area (Å²) in [6.07, 6.45) is 0. The van der Waals surface area contributed by atoms with Crippen LogP contribution in [0.2, 0.25) is 10.0 Å². The zero-order valence-corrected chi connectivity index (χ0v) is 13.3. The first-order valence-electron chi connectivity index (χ1n) is 6.61. The van der Waals surface area contributed by atoms with E-state index in [2.05, 4.69) is 5.32 Å². The van der Waals surface area contributed by atoms with Crippen LogP contribution in [0.1, 0.15) is 37.1 Å². The Hall–Kier alpha value is -1.42. The molecule has 2 atom stereocenters. The molecule has 0 aliphatic rings. The average molecular weight is 326 g/mol. The van der Waals surface area contributed by atoms with Crippen molar-refractivity contribution in [2.75, 3.05) is 0 Å². The Balaban J connectivity index is 2.14. The van der Waals surface area contributed by atoms with Crippen molar-refractivity contribution in [3.63, 3.8) is 0 Å². The molecule has 0 bridgehead atoms. The van der Waals surface area contributed by atoms with E-state index < -0.39 is 0 Å². The van der Waals surface area contributed by atoms with Gasteiger partial charge >= 0.3 is 0 Å². The molecule has 2 rings (SSSR count). The molecule has 112 valence electrons. The molecule has 0 radical (unpaired) electrons. The lowest BCUT2D eigenvalue weighted by atomic mass is 10.0. The molecule has 5 heteroatoms. The summed E-state index contributed by atoms with van der Waals surface area (Å²) in [6.45, 7) is 3.95. The number of benzene rings is 2. The SMILES string of the molecule is CC(NC(C)c1ccc(O)cc1O)c1ccc(Cl)c(Cl)c1. The standard InChI is InChI=1S/C16H17Cl2NO2/c1-9(11-3-6-14(17)15(18)7-11)19-10(2)13-5-4-12(20)8-16(13)21/h3-10,19-21H,1-2H3. The number of phenolic OH excluding ortho intramolecular Hbond substituents is 2. The van der Waals surface area contributed by atoms with Crippen LogP contribution >= 0.6 is 23.2 Å². The zero-order valence-electron chi connectivity index (χ0n) is 11.8. The Morgan fingerprint density at radius 2 is 1.62 bits per heavy atom. The molecular weight excluding hydrogens is 309 g/mol. The van der Waals surface area contributed by atoms with Crippen LogP contribution in [0, 0.1) is 0 Å². The molecule has 0 heterocycles. The third kappa shape index (κ3) is 3.82. The Morgan fingerprint density at radius 3 is 2.24 bits per heavy atom. The fourth-order valence-corrected chi connectivity index (χ4v) is 2.55. The highest BCUT2D eigenvalue weighted by Gasteiger charge is 2.15. The smallest absolute Gasteiger partial charge is 0.124 e. The molecule has 3 nitrogen and oxygen atoms in total. The van der Waals surface area contributed by atoms with Crippen LogP contribution in [0.3, 0.4) is 0 Å². The summed E-state index contributed by atoms with van der Waals surface area (Å²) in [5.74, 6) is 0.109. The summed E-state index contributed by atoms with van der Waals surface area (Å²) in [6, 6.07) is 10.0. The van der Waals surface area contributed by atoms with Gasteiger partial charge in [-0.1, -0.05) is 35.3 Å². The number of hydrogen-bond donors (Lipinski definition) is 3. The van der Waals surface area contributed by atoms with Crippen molar-refractivity contribution in [2.24, 2.45) is 0 Å². The first-order valence-corrected chi connectivity index (χ1v) is 7.37. The van der Waals surface area contributed by atoms with E-state index in [4.69, 9.17) is 23.2 Å². The first kappa shape index (κ1) is 16.0. The topological polar surface area (TPSA) is 52.5 Å². The quantitative estimate of drug-likeness (QED) is 0.755. The second-order valence-electron chi connectivity index (χ2n) is 5.03. The monoisotopic (exact) mass is 325 g/mol. The van der Waals surface area contributed by atoms with E-state index in [0.29, 0.717) is 10.0 Å². The van der Waals surface area contributed by atoms with Crippen molar-refractivity contribution in [1.29, 1.82) is 0 Å². The molecule has 2 unspecified atom stereocenters. The molecule has 0 aliphatic carbocycles. The predicted molar refractivity (Wildman–Crippen MR) is 86.2 cm³/mol. The van der Waals surface area contributed by atoms with Gasteiger partial charge in [0.05, 0.1) is 10.0 Å². The summed E-state index contributed by atoms with van der Waals surface area (Å²) in [5.41, 5.74) is 1.73. The Morgan fingerprint density at radius 1 is 0.905 bits per heavy atom. The number of aromatic hydroxyl groups is 2. The van der Waals surface area contributed by atoms with E-state index in [9.17, 15) is 10.2 Å². The van der Waals surface area contributed by atoms with Gasteiger partial charge < -0.3 is 15.5 Å². The third-order valence-electron chi connectivity index (χ3n) is 3.42. The Bertz CT molecular complexity index is 646. The lowest BCUT2D eigenvalue weighted by Crippen LogP contribution is -2.22. The summed E-state index contributed by atoms with van der Waals surface area (Å²) in [5, 5.41) is 23.6. The van der Waals surface area contributed by atoms with Gasteiger partial charge in [0.1, 0.15) is 11.5 Å². The molecule has 0 aliphatic heterocycles. The average Bonchev–Trinajstić information content (AvgIpc) is 2.41. The number of nitrogens with one attached hydrogen (secondary N) is 1. The lowest BCUT2D eigenvalue weighted by Gasteiger charge is -2.22. The summed E-state index contributed by atoms with van der Waals surface area (Å²) < 4.78 is 0. The molecule has 3 N–H and O–H groups in total. The van der Waals surface area contributed by atoms with Crippen LogP contribution < -0.4 is 5.32 Å². The fraction of sp³-hybridized carbons (Fsp3) is 0.250. The van der Waals surface area contributed by atoms with Gasteiger partial charge in [0.25, 0.3) is 0 Å². The number of hydrogen-bond acceptors (Lipinski definition) is 3. The van der Waals surface area contributed by atoms with Crippen LogP contribution in [-0.4, -0.2) is 10.2 Å². The second kappa shape index (κ2) is 6.56. The lowest BCUT2D eigenvalue weighted by molar-refractivity contribution is 0.427. The fourth-order valence-electron chi connectivity index (χ4n) is 2.24. The van der Waals surface area contributed by atoms with Gasteiger partial charge in [-0.05, 0) is 37.6 Å². The minimum atomic E-state index is -0.0879. The number of rotatable bonds is 4. The van der Waals surface area contributed by atoms with Crippen molar-refractivity contribution in [3.8, 4) is 11.5 Å². The van der Waals surface area contributed by atoms with Crippen molar-refractivity contribution in [1.82, 2.24) is 5.32 Å². The number of halogens is 2. The van der Waals surface area contributed by atoms with Gasteiger partial charge in [0, 0.05) is 23.7 Å². The van der Waals surface area contributed by atoms with Crippen LogP contribution in [0.15, 0.2) is 36.4 Å². The van der Waals surface area contributed by atoms with E-state index >= 15 is 0 Å². The van der Waals surface area contributed by atoms with E-state index in [0.717, 1.165) is 11.1 Å². The summed E-state index contributed by atoms with van der Waals surface area (Å²) >= 11 is 11.9. The van der Waals surface area contributed by atoms with Gasteiger partial charge in [-0.2, -0.15) is 0 Å². The molecule has 0 spiro atoms. The predicted octanol–water partition coefficient (Wildman–Crippen LogP) is 4.82. The Labute approximate surface area is 134 Å². The van der Waals surface area contributed by atoms with E-state index in [1.54, 1.807) is 18.2 Å². The number of phenols is 2. The third-order valence-corrected chi connectivity index (χ3v) is 4.16. The van der Waals surface area contributed by atoms with E-state index in [1.807, 2.05) is 26.0 Å². The normalized spacial score (nSPS) is 13.9. The van der Waals surface area contributed by atoms with Gasteiger partial charge in [0.15, 0.2) is 0 Å². The highest BCUT2D eigenvalue weighted by molar-refractivity contribution is 6.42. The second-order valence-corrected chi connectivity index (χ2v) is 5.84. The minimum absolute atomic E-state index is 0.0305. The summed E-state index contributed by atoms with van der Waals surface area (Å²) in [4.78, 5) is 0. The van der Waals surface area contributed by atoms with Crippen LogP contribution in [0.4, 0.5) is 0 Å². The molecule has 0 aromatic heterocycles. The first-order chi connectivity index (χ1) is 9.88. The molecule has 0 fully saturated rings. The Kier molecular flexibility index (Phi) is 4.99. The van der Waals surface area contributed by atoms with E-state index in [-0.39, 0.29) is 23.6 Å². The zero-order chi connectivity index (χ0) is 15.6. The van der Waals surface area contributed by atoms with Gasteiger partial charge in [-0.15, -0.1) is 0 Å². The highest BCUT2D eigenvalue weighted by atomic mass is 35.5. The van der Waals surface area contributed by atoms with Crippen molar-refractivity contribution in [3.05, 3.63) is 57.6 Å². The van der Waals surface area contributed by atoms with Gasteiger partial charge in [0.2, 0.25) is 0 Å². The molecule has 0 saturated heterocycles. The maximum Gasteiger partial charge on any atom is 0.124 e. The highest BCUT2D eigenvalue weighted by Crippen LogP contribution is 2.30. The van der Waals surface area contributed by atoms with Crippen LogP contribution in [0.5, 0.6) is 11.5 Å². The molecule has 2 aromatic rings. The van der Waals surface area contributed by atoms with Gasteiger partial charge in [-0.25, -0.2) is 0 Å². The molecule has 0 saturated carbocycles. The maximum atomic E-state index is 9.89. The summed E-state index contributed by atoms with van der Waals surface area (Å²) in [7, 11) is 0. The van der Waals surface area contributed by atoms with Gasteiger partial charge in [-0.3, -0.25) is 0 Å². The van der Waals surface area contributed by atoms with Crippen molar-refractivity contribution >= 4 is 23.2 Å². The molecule has 2 aromatic carbocycles. The largest absolute Gasteiger partial charge is 0.508 e. The molecule has 0 amide bonds. The minimum Gasteiger partial charge on any atom is -0.508 e. The van der Waals surface area contributed by atoms with Crippen LogP contribution in [0.25, 0.3) is 0 Å². The van der Waals surface area contributed by atoms with Crippen LogP contribution in [-0.2, 0) is 0 Å². The van der Waals surface area contributed by atoms with E-state index in [1.165, 1.54) is 6.07 Å². The molecular formula is C16H17Cl2NO2. The maximum absolute atomic E-state index is 9.89. The molecule has 21 heavy (non-hydrogen) atoms. The van der Waals surface area contributed by atoms with Crippen molar-refractivity contribution < 1.29 is 10.2 Å².